The van der Waals surface area contributed by atoms with Crippen molar-refractivity contribution in [2.45, 2.75) is 6.04 Å². The van der Waals surface area contributed by atoms with Crippen LogP contribution in [0.5, 0.6) is 0 Å². The van der Waals surface area contributed by atoms with Gasteiger partial charge in [-0.15, -0.1) is 0 Å². The van der Waals surface area contributed by atoms with Gasteiger partial charge in [0.15, 0.2) is 0 Å². The number of nitrogens with zero attached hydrogens (tertiary/aromatic N) is 2. The van der Waals surface area contributed by atoms with E-state index in [4.69, 9.17) is 10.2 Å². The van der Waals surface area contributed by atoms with Crippen molar-refractivity contribution in [2.24, 2.45) is 5.73 Å². The lowest BCUT2D eigenvalue weighted by Crippen LogP contribution is -2.56. The van der Waals surface area contributed by atoms with Crippen molar-refractivity contribution in [1.82, 2.24) is 4.98 Å². The maximum atomic E-state index is 5.56. The lowest BCUT2D eigenvalue weighted by molar-refractivity contribution is 0.449. The fourth-order valence-electron chi connectivity index (χ4n) is 1.04. The van der Waals surface area contributed by atoms with Crippen LogP contribution in [0, 0.1) is 0 Å². The fraction of sp³-hybridized carbons (Fsp3) is 0.500. The molecule has 1 aliphatic rings. The average molecular weight is 139 g/mol. The van der Waals surface area contributed by atoms with Crippen LogP contribution >= 0.6 is 0 Å². The molecule has 1 saturated heterocycles. The zero-order chi connectivity index (χ0) is 6.97. The molecule has 2 rings (SSSR count). The van der Waals surface area contributed by atoms with Crippen LogP contribution < -0.4 is 10.6 Å². The molecule has 54 valence electrons. The lowest BCUT2D eigenvalue weighted by Gasteiger charge is -2.35. The third kappa shape index (κ3) is 0.769. The minimum Gasteiger partial charge on any atom is -0.432 e. The lowest BCUT2D eigenvalue weighted by atomic mass is 10.1. The van der Waals surface area contributed by atoms with E-state index in [9.17, 15) is 0 Å². The Hall–Kier alpha value is -1.03. The highest BCUT2D eigenvalue weighted by Gasteiger charge is 2.25. The van der Waals surface area contributed by atoms with Gasteiger partial charge in [0.05, 0.1) is 6.20 Å². The largest absolute Gasteiger partial charge is 0.432 e. The third-order valence-electron chi connectivity index (χ3n) is 1.60. The number of nitrogens with two attached hydrogens (primary N) is 1. The summed E-state index contributed by atoms with van der Waals surface area (Å²) >= 11 is 0. The summed E-state index contributed by atoms with van der Waals surface area (Å²) < 4.78 is 5.04. The molecule has 2 heterocycles. The number of oxazole rings is 1. The number of rotatable bonds is 1. The molecule has 0 radical (unpaired) electrons. The molecule has 1 aromatic heterocycles. The van der Waals surface area contributed by atoms with Gasteiger partial charge >= 0.3 is 0 Å². The number of hydrogen-bond acceptors (Lipinski definition) is 4. The molecular weight excluding hydrogens is 130 g/mol. The van der Waals surface area contributed by atoms with Crippen LogP contribution in [0.3, 0.4) is 0 Å². The van der Waals surface area contributed by atoms with Crippen LogP contribution in [0.2, 0.25) is 0 Å². The highest BCUT2D eigenvalue weighted by Crippen LogP contribution is 2.16. The Kier molecular flexibility index (Phi) is 1.14. The fourth-order valence-corrected chi connectivity index (χ4v) is 1.04. The monoisotopic (exact) mass is 139 g/mol. The quantitative estimate of drug-likeness (QED) is 0.586. The number of anilines is 1. The molecule has 1 aliphatic heterocycles. The maximum Gasteiger partial charge on any atom is 0.297 e. The second-order valence-electron chi connectivity index (χ2n) is 2.48. The molecule has 1 fully saturated rings. The summed E-state index contributed by atoms with van der Waals surface area (Å²) in [6, 6.07) is 0.980. The highest BCUT2D eigenvalue weighted by molar-refractivity contribution is 5.30. The van der Waals surface area contributed by atoms with Gasteiger partial charge in [-0.05, 0) is 0 Å². The van der Waals surface area contributed by atoms with Gasteiger partial charge in [-0.25, -0.2) is 4.98 Å². The van der Waals surface area contributed by atoms with E-state index in [2.05, 4.69) is 4.98 Å². The predicted molar refractivity (Wildman–Crippen MR) is 36.7 cm³/mol. The first-order valence-electron chi connectivity index (χ1n) is 3.26. The minimum atomic E-state index is 0.298. The molecule has 0 spiro atoms. The second kappa shape index (κ2) is 1.98. The molecule has 0 bridgehead atoms. The zero-order valence-electron chi connectivity index (χ0n) is 5.53. The van der Waals surface area contributed by atoms with Gasteiger partial charge in [-0.2, -0.15) is 0 Å². The first-order chi connectivity index (χ1) is 4.86. The van der Waals surface area contributed by atoms with Gasteiger partial charge in [0.25, 0.3) is 6.01 Å². The molecule has 0 saturated carbocycles. The summed E-state index contributed by atoms with van der Waals surface area (Å²) in [5.74, 6) is 0. The predicted octanol–water partition coefficient (Wildman–Crippen LogP) is -0.178. The summed E-state index contributed by atoms with van der Waals surface area (Å²) in [4.78, 5) is 5.98. The van der Waals surface area contributed by atoms with Crippen LogP contribution in [-0.4, -0.2) is 24.1 Å². The van der Waals surface area contributed by atoms with Crippen LogP contribution in [0.15, 0.2) is 16.9 Å². The molecule has 4 heteroatoms. The molecule has 4 nitrogen and oxygen atoms in total. The van der Waals surface area contributed by atoms with Gasteiger partial charge < -0.3 is 15.1 Å². The van der Waals surface area contributed by atoms with Crippen LogP contribution in [0.25, 0.3) is 0 Å². The Bertz CT molecular complexity index is 203. The smallest absolute Gasteiger partial charge is 0.297 e. The first kappa shape index (κ1) is 5.73. The summed E-state index contributed by atoms with van der Waals surface area (Å²) in [7, 11) is 0. The first-order valence-corrected chi connectivity index (χ1v) is 3.26. The van der Waals surface area contributed by atoms with Crippen molar-refractivity contribution >= 4 is 6.01 Å². The second-order valence-corrected chi connectivity index (χ2v) is 2.48. The van der Waals surface area contributed by atoms with Crippen molar-refractivity contribution in [3.63, 3.8) is 0 Å². The van der Waals surface area contributed by atoms with E-state index in [0.29, 0.717) is 12.1 Å². The topological polar surface area (TPSA) is 55.3 Å². The molecule has 0 amide bonds. The summed E-state index contributed by atoms with van der Waals surface area (Å²) in [6.07, 6.45) is 3.21. The Morgan fingerprint density at radius 2 is 2.50 bits per heavy atom. The number of hydrogen-bond donors (Lipinski definition) is 1. The molecule has 0 aromatic carbocycles. The third-order valence-corrected chi connectivity index (χ3v) is 1.60. The molecule has 0 atom stereocenters. The van der Waals surface area contributed by atoms with Crippen LogP contribution in [0.4, 0.5) is 6.01 Å². The van der Waals surface area contributed by atoms with Gasteiger partial charge in [0.1, 0.15) is 6.26 Å². The Balaban J connectivity index is 2.04. The molecule has 2 N–H and O–H groups in total. The van der Waals surface area contributed by atoms with E-state index in [0.717, 1.165) is 13.1 Å². The van der Waals surface area contributed by atoms with Gasteiger partial charge in [-0.3, -0.25) is 0 Å². The molecule has 10 heavy (non-hydrogen) atoms. The van der Waals surface area contributed by atoms with E-state index in [1.165, 1.54) is 0 Å². The van der Waals surface area contributed by atoms with E-state index in [1.54, 1.807) is 12.5 Å². The standard InChI is InChI=1S/C6H9N3O/c7-5-3-9(4-5)6-8-1-2-10-6/h1-2,5H,3-4,7H2. The Labute approximate surface area is 58.6 Å². The molecular formula is C6H9N3O. The van der Waals surface area contributed by atoms with Gasteiger partial charge in [0, 0.05) is 19.1 Å². The molecule has 0 unspecified atom stereocenters. The molecule has 0 aliphatic carbocycles. The Morgan fingerprint density at radius 1 is 1.70 bits per heavy atom. The Morgan fingerprint density at radius 3 is 3.00 bits per heavy atom. The highest BCUT2D eigenvalue weighted by atomic mass is 16.4. The summed E-state index contributed by atoms with van der Waals surface area (Å²) in [5.41, 5.74) is 5.56. The summed E-state index contributed by atoms with van der Waals surface area (Å²) in [6.45, 7) is 1.72. The van der Waals surface area contributed by atoms with Crippen molar-refractivity contribution < 1.29 is 4.42 Å². The normalized spacial score (nSPS) is 19.1. The van der Waals surface area contributed by atoms with Crippen LogP contribution in [0.1, 0.15) is 0 Å². The van der Waals surface area contributed by atoms with E-state index in [1.807, 2.05) is 4.90 Å². The zero-order valence-corrected chi connectivity index (χ0v) is 5.53. The van der Waals surface area contributed by atoms with Crippen molar-refractivity contribution in [1.29, 1.82) is 0 Å². The SMILES string of the molecule is NC1CN(c2ncco2)C1. The minimum absolute atomic E-state index is 0.298. The van der Waals surface area contributed by atoms with Crippen molar-refractivity contribution in [3.8, 4) is 0 Å². The number of aromatic nitrogens is 1. The van der Waals surface area contributed by atoms with Gasteiger partial charge in [0.2, 0.25) is 0 Å². The van der Waals surface area contributed by atoms with E-state index < -0.39 is 0 Å². The van der Waals surface area contributed by atoms with Crippen LogP contribution in [-0.2, 0) is 0 Å². The van der Waals surface area contributed by atoms with E-state index in [-0.39, 0.29) is 0 Å². The van der Waals surface area contributed by atoms with E-state index >= 15 is 0 Å². The van der Waals surface area contributed by atoms with Crippen molar-refractivity contribution in [3.05, 3.63) is 12.5 Å². The summed E-state index contributed by atoms with van der Waals surface area (Å²) in [5, 5.41) is 0. The molecule has 1 aromatic rings. The van der Waals surface area contributed by atoms with Gasteiger partial charge in [-0.1, -0.05) is 0 Å². The van der Waals surface area contributed by atoms with Crippen molar-refractivity contribution in [2.75, 3.05) is 18.0 Å². The average Bonchev–Trinajstić information content (AvgIpc) is 2.31. The maximum absolute atomic E-state index is 5.56.